The molecule has 1 amide bonds. The number of hydrogen-bond donors (Lipinski definition) is 2. The summed E-state index contributed by atoms with van der Waals surface area (Å²) in [7, 11) is -3.94. The molecule has 0 spiro atoms. The minimum absolute atomic E-state index is 0.107. The van der Waals surface area contributed by atoms with Gasteiger partial charge in [-0.2, -0.15) is 0 Å². The van der Waals surface area contributed by atoms with Gasteiger partial charge in [0.2, 0.25) is 10.0 Å². The fraction of sp³-hybridized carbons (Fsp3) is 0.167. The molecule has 0 fully saturated rings. The minimum atomic E-state index is -3.94. The lowest BCUT2D eigenvalue weighted by Gasteiger charge is -2.12. The fourth-order valence-corrected chi connectivity index (χ4v) is 3.79. The van der Waals surface area contributed by atoms with Gasteiger partial charge in [-0.1, -0.05) is 36.4 Å². The summed E-state index contributed by atoms with van der Waals surface area (Å²) in [5, 5.41) is 7.65. The van der Waals surface area contributed by atoms with Crippen LogP contribution in [0.3, 0.4) is 0 Å². The average molecular weight is 485 g/mol. The van der Waals surface area contributed by atoms with Crippen LogP contribution in [0, 0.1) is 6.92 Å². The van der Waals surface area contributed by atoms with Gasteiger partial charge in [-0.15, -0.1) is 0 Å². The molecule has 0 saturated heterocycles. The second-order valence-corrected chi connectivity index (χ2v) is 8.69. The molecule has 178 valence electrons. The second-order valence-electron chi connectivity index (χ2n) is 7.16. The van der Waals surface area contributed by atoms with Crippen molar-refractivity contribution in [2.75, 3.05) is 25.1 Å². The predicted octanol–water partition coefficient (Wildman–Crippen LogP) is 2.90. The van der Waals surface area contributed by atoms with Crippen molar-refractivity contribution in [3.8, 4) is 11.5 Å². The first-order valence-corrected chi connectivity index (χ1v) is 11.8. The van der Waals surface area contributed by atoms with Crippen LogP contribution in [0.25, 0.3) is 0 Å². The Morgan fingerprint density at radius 1 is 0.912 bits per heavy atom. The minimum Gasteiger partial charge on any atom is -0.490 e. The molecule has 0 aliphatic carbocycles. The maximum Gasteiger partial charge on any atom is 0.342 e. The van der Waals surface area contributed by atoms with Crippen molar-refractivity contribution >= 4 is 27.6 Å². The zero-order valence-electron chi connectivity index (χ0n) is 18.4. The molecule has 0 radical (unpaired) electrons. The zero-order chi connectivity index (χ0) is 24.6. The molecule has 0 unspecified atom stereocenters. The van der Waals surface area contributed by atoms with Crippen LogP contribution in [0.15, 0.2) is 77.7 Å². The maximum absolute atomic E-state index is 12.5. The normalized spacial score (nSPS) is 10.9. The largest absolute Gasteiger partial charge is 0.490 e. The molecule has 0 bridgehead atoms. The van der Waals surface area contributed by atoms with E-state index in [9.17, 15) is 18.0 Å². The van der Waals surface area contributed by atoms with Gasteiger partial charge >= 0.3 is 5.97 Å². The van der Waals surface area contributed by atoms with Gasteiger partial charge in [-0.05, 0) is 48.9 Å². The summed E-state index contributed by atoms with van der Waals surface area (Å²) in [5.74, 6) is -0.397. The van der Waals surface area contributed by atoms with Gasteiger partial charge in [-0.3, -0.25) is 4.79 Å². The summed E-state index contributed by atoms with van der Waals surface area (Å²) >= 11 is 0. The maximum atomic E-state index is 12.5. The van der Waals surface area contributed by atoms with Gasteiger partial charge in [0, 0.05) is 5.69 Å². The molecular formula is C24H24N2O7S. The van der Waals surface area contributed by atoms with Crippen LogP contribution < -0.4 is 19.9 Å². The van der Waals surface area contributed by atoms with E-state index in [4.69, 9.17) is 19.3 Å². The number of hydrogen-bond acceptors (Lipinski definition) is 7. The lowest BCUT2D eigenvalue weighted by atomic mass is 10.2. The molecule has 0 aliphatic heterocycles. The number of amides is 1. The van der Waals surface area contributed by atoms with Crippen LogP contribution in [0.1, 0.15) is 15.9 Å². The van der Waals surface area contributed by atoms with E-state index in [-0.39, 0.29) is 29.4 Å². The molecule has 3 aromatic rings. The molecule has 0 aromatic heterocycles. The van der Waals surface area contributed by atoms with Crippen LogP contribution in [-0.2, 0) is 19.6 Å². The van der Waals surface area contributed by atoms with Crippen molar-refractivity contribution in [2.45, 2.75) is 11.8 Å². The van der Waals surface area contributed by atoms with Gasteiger partial charge in [0.1, 0.15) is 30.3 Å². The highest BCUT2D eigenvalue weighted by molar-refractivity contribution is 7.89. The summed E-state index contributed by atoms with van der Waals surface area (Å²) in [6, 6.07) is 20.0. The third-order valence-corrected chi connectivity index (χ3v) is 5.63. The zero-order valence-corrected chi connectivity index (χ0v) is 19.2. The Balaban J connectivity index is 1.53. The number of carbonyl (C=O) groups excluding carboxylic acids is 2. The Bertz CT molecular complexity index is 1260. The molecule has 0 heterocycles. The first-order valence-electron chi connectivity index (χ1n) is 10.2. The van der Waals surface area contributed by atoms with E-state index in [1.54, 1.807) is 25.1 Å². The molecule has 3 rings (SSSR count). The van der Waals surface area contributed by atoms with Crippen LogP contribution in [0.4, 0.5) is 5.69 Å². The fourth-order valence-electron chi connectivity index (χ4n) is 2.98. The summed E-state index contributed by atoms with van der Waals surface area (Å²) in [4.78, 5) is 24.6. The topological polar surface area (TPSA) is 134 Å². The van der Waals surface area contributed by atoms with E-state index < -0.39 is 28.5 Å². The lowest BCUT2D eigenvalue weighted by molar-refractivity contribution is -0.119. The van der Waals surface area contributed by atoms with Crippen LogP contribution in [-0.4, -0.2) is 40.1 Å². The molecule has 34 heavy (non-hydrogen) atoms. The van der Waals surface area contributed by atoms with Crippen molar-refractivity contribution in [3.63, 3.8) is 0 Å². The van der Waals surface area contributed by atoms with E-state index in [0.29, 0.717) is 17.1 Å². The highest BCUT2D eigenvalue weighted by Gasteiger charge is 2.17. The van der Waals surface area contributed by atoms with Crippen molar-refractivity contribution < 1.29 is 32.2 Å². The molecule has 3 N–H and O–H groups in total. The summed E-state index contributed by atoms with van der Waals surface area (Å²) in [6.45, 7) is 1.47. The number of para-hydroxylation sites is 2. The number of benzene rings is 3. The summed E-state index contributed by atoms with van der Waals surface area (Å²) in [5.41, 5.74) is 0.803. The standard InChI is InChI=1S/C24H24N2O7S/c1-17-11-12-18(15-22(17)34(25,29)30)26-23(27)16-33-24(28)20-9-5-6-10-21(20)32-14-13-31-19-7-3-2-4-8-19/h2-12,15H,13-14,16H2,1H3,(H,26,27)(H2,25,29,30). The molecular weight excluding hydrogens is 460 g/mol. The van der Waals surface area contributed by atoms with E-state index in [0.717, 1.165) is 0 Å². The Hall–Kier alpha value is -3.89. The van der Waals surface area contributed by atoms with Crippen molar-refractivity contribution in [1.82, 2.24) is 0 Å². The number of sulfonamides is 1. The van der Waals surface area contributed by atoms with Gasteiger partial charge in [0.05, 0.1) is 4.90 Å². The number of esters is 1. The smallest absolute Gasteiger partial charge is 0.342 e. The predicted molar refractivity (Wildman–Crippen MR) is 125 cm³/mol. The number of rotatable bonds is 10. The van der Waals surface area contributed by atoms with E-state index in [1.165, 1.54) is 24.3 Å². The van der Waals surface area contributed by atoms with Crippen molar-refractivity contribution in [3.05, 3.63) is 83.9 Å². The molecule has 9 nitrogen and oxygen atoms in total. The van der Waals surface area contributed by atoms with Gasteiger partial charge in [0.15, 0.2) is 6.61 Å². The highest BCUT2D eigenvalue weighted by Crippen LogP contribution is 2.20. The molecule has 3 aromatic carbocycles. The quantitative estimate of drug-likeness (QED) is 0.334. The Morgan fingerprint density at radius 2 is 1.59 bits per heavy atom. The van der Waals surface area contributed by atoms with Crippen LogP contribution >= 0.6 is 0 Å². The van der Waals surface area contributed by atoms with E-state index in [2.05, 4.69) is 5.32 Å². The lowest BCUT2D eigenvalue weighted by Crippen LogP contribution is -2.22. The first kappa shape index (κ1) is 24.7. The third kappa shape index (κ3) is 7.06. The van der Waals surface area contributed by atoms with Crippen LogP contribution in [0.5, 0.6) is 11.5 Å². The van der Waals surface area contributed by atoms with E-state index >= 15 is 0 Å². The number of primary sulfonamides is 1. The Kier molecular flexibility index (Phi) is 8.23. The highest BCUT2D eigenvalue weighted by atomic mass is 32.2. The number of nitrogens with two attached hydrogens (primary N) is 1. The summed E-state index contributed by atoms with van der Waals surface area (Å²) in [6.07, 6.45) is 0. The first-order chi connectivity index (χ1) is 16.2. The van der Waals surface area contributed by atoms with Gasteiger partial charge < -0.3 is 19.5 Å². The third-order valence-electron chi connectivity index (χ3n) is 4.57. The van der Waals surface area contributed by atoms with Gasteiger partial charge in [0.25, 0.3) is 5.91 Å². The molecule has 0 atom stereocenters. The Labute approximate surface area is 197 Å². The van der Waals surface area contributed by atoms with Crippen LogP contribution in [0.2, 0.25) is 0 Å². The van der Waals surface area contributed by atoms with Crippen molar-refractivity contribution in [2.24, 2.45) is 5.14 Å². The number of nitrogens with one attached hydrogen (secondary N) is 1. The number of ether oxygens (including phenoxy) is 3. The van der Waals surface area contributed by atoms with Crippen molar-refractivity contribution in [1.29, 1.82) is 0 Å². The SMILES string of the molecule is Cc1ccc(NC(=O)COC(=O)c2ccccc2OCCOc2ccccc2)cc1S(N)(=O)=O. The number of carbonyl (C=O) groups is 2. The molecule has 0 aliphatic rings. The molecule has 0 saturated carbocycles. The average Bonchev–Trinajstić information content (AvgIpc) is 2.82. The second kappa shape index (κ2) is 11.3. The van der Waals surface area contributed by atoms with E-state index in [1.807, 2.05) is 30.3 Å². The van der Waals surface area contributed by atoms with Gasteiger partial charge in [-0.25, -0.2) is 18.4 Å². The monoisotopic (exact) mass is 484 g/mol. The molecule has 10 heteroatoms. The number of anilines is 1. The summed E-state index contributed by atoms with van der Waals surface area (Å²) < 4.78 is 39.6. The Morgan fingerprint density at radius 3 is 2.32 bits per heavy atom. The number of aryl methyl sites for hydroxylation is 1.